The van der Waals surface area contributed by atoms with Crippen LogP contribution in [0.15, 0.2) is 54.7 Å². The maximum atomic E-state index is 13.2. The van der Waals surface area contributed by atoms with E-state index in [4.69, 9.17) is 4.74 Å². The monoisotopic (exact) mass is 509 g/mol. The number of benzene rings is 2. The smallest absolute Gasteiger partial charge is 0.416 e. The second kappa shape index (κ2) is 10.0. The molecule has 4 rings (SSSR count). The molecule has 0 radical (unpaired) electrons. The highest BCUT2D eigenvalue weighted by atomic mass is 19.4. The lowest BCUT2D eigenvalue weighted by Crippen LogP contribution is -2.22. The van der Waals surface area contributed by atoms with Gasteiger partial charge in [-0.3, -0.25) is 9.78 Å². The summed E-state index contributed by atoms with van der Waals surface area (Å²) in [6.45, 7) is 3.51. The van der Waals surface area contributed by atoms with Crippen molar-refractivity contribution in [1.29, 1.82) is 0 Å². The molecule has 0 unspecified atom stereocenters. The van der Waals surface area contributed by atoms with E-state index in [0.717, 1.165) is 12.1 Å². The zero-order valence-electron chi connectivity index (χ0n) is 21.0. The van der Waals surface area contributed by atoms with Crippen LogP contribution in [0.4, 0.5) is 19.0 Å². The summed E-state index contributed by atoms with van der Waals surface area (Å²) >= 11 is 0. The first-order valence-corrected chi connectivity index (χ1v) is 11.5. The third-order valence-corrected chi connectivity index (χ3v) is 5.90. The number of nitrogens with one attached hydrogen (secondary N) is 1. The SMILES string of the molecule is COc1cc2nc(C)nc(N[C@@H](C)c3cccc(C(F)(F)F)c3)c2cc1-c1ccc(C(=O)N(C)C)nc1. The van der Waals surface area contributed by atoms with Crippen LogP contribution in [0.3, 0.4) is 0 Å². The van der Waals surface area contributed by atoms with Crippen molar-refractivity contribution in [2.24, 2.45) is 0 Å². The Morgan fingerprint density at radius 1 is 1.08 bits per heavy atom. The minimum atomic E-state index is -4.43. The van der Waals surface area contributed by atoms with Crippen molar-refractivity contribution in [3.05, 3.63) is 77.4 Å². The predicted octanol–water partition coefficient (Wildman–Crippen LogP) is 5.90. The van der Waals surface area contributed by atoms with Crippen LogP contribution in [0.2, 0.25) is 0 Å². The lowest BCUT2D eigenvalue weighted by molar-refractivity contribution is -0.137. The standard InChI is InChI=1S/C27H26F3N5O2/c1-15(17-7-6-8-19(11-17)27(28,29)30)32-25-21-12-20(24(37-5)13-23(21)33-16(2)34-25)18-9-10-22(31-14-18)26(36)35(3)4/h6-15H,1-5H3,(H,32,33,34)/t15-/m0/s1. The molecule has 1 atom stereocenters. The number of carbonyl (C=O) groups excluding carboxylic acids is 1. The van der Waals surface area contributed by atoms with E-state index in [1.165, 1.54) is 11.0 Å². The maximum absolute atomic E-state index is 13.2. The lowest BCUT2D eigenvalue weighted by Gasteiger charge is -2.19. The molecule has 4 aromatic rings. The summed E-state index contributed by atoms with van der Waals surface area (Å²) in [7, 11) is 4.85. The Hall–Kier alpha value is -4.21. The van der Waals surface area contributed by atoms with Crippen LogP contribution in [0, 0.1) is 6.92 Å². The number of alkyl halides is 3. The maximum Gasteiger partial charge on any atom is 0.416 e. The van der Waals surface area contributed by atoms with Crippen molar-refractivity contribution in [3.63, 3.8) is 0 Å². The Bertz CT molecular complexity index is 1450. The van der Waals surface area contributed by atoms with E-state index in [9.17, 15) is 18.0 Å². The molecule has 0 aliphatic carbocycles. The number of amides is 1. The minimum absolute atomic E-state index is 0.212. The van der Waals surface area contributed by atoms with Crippen molar-refractivity contribution in [1.82, 2.24) is 19.9 Å². The Kier molecular flexibility index (Phi) is 7.02. The van der Waals surface area contributed by atoms with Crippen LogP contribution in [0.25, 0.3) is 22.0 Å². The Morgan fingerprint density at radius 3 is 2.46 bits per heavy atom. The molecule has 192 valence electrons. The third kappa shape index (κ3) is 5.47. The lowest BCUT2D eigenvalue weighted by atomic mass is 10.0. The summed E-state index contributed by atoms with van der Waals surface area (Å²) in [4.78, 5) is 27.0. The summed E-state index contributed by atoms with van der Waals surface area (Å²) in [6.07, 6.45) is -2.84. The number of methoxy groups -OCH3 is 1. The summed E-state index contributed by atoms with van der Waals surface area (Å²) in [5.74, 6) is 1.31. The van der Waals surface area contributed by atoms with Gasteiger partial charge in [-0.1, -0.05) is 18.2 Å². The minimum Gasteiger partial charge on any atom is -0.496 e. The molecule has 0 bridgehead atoms. The van der Waals surface area contributed by atoms with Gasteiger partial charge in [-0.25, -0.2) is 9.97 Å². The molecule has 37 heavy (non-hydrogen) atoms. The number of aromatic nitrogens is 3. The number of rotatable bonds is 6. The highest BCUT2D eigenvalue weighted by Crippen LogP contribution is 2.37. The number of hydrogen-bond acceptors (Lipinski definition) is 6. The summed E-state index contributed by atoms with van der Waals surface area (Å²) < 4.78 is 45.3. The quantitative estimate of drug-likeness (QED) is 0.349. The average molecular weight is 510 g/mol. The van der Waals surface area contributed by atoms with Crippen LogP contribution in [0.1, 0.15) is 40.4 Å². The number of halogens is 3. The van der Waals surface area contributed by atoms with Gasteiger partial charge in [-0.05, 0) is 43.7 Å². The molecule has 1 amide bonds. The van der Waals surface area contributed by atoms with Gasteiger partial charge in [0.15, 0.2) is 0 Å². The first-order chi connectivity index (χ1) is 17.5. The normalized spacial score (nSPS) is 12.3. The van der Waals surface area contributed by atoms with Crippen LogP contribution in [0.5, 0.6) is 5.75 Å². The van der Waals surface area contributed by atoms with Crippen LogP contribution < -0.4 is 10.1 Å². The second-order valence-electron chi connectivity index (χ2n) is 8.81. The Morgan fingerprint density at radius 2 is 1.84 bits per heavy atom. The van der Waals surface area contributed by atoms with E-state index < -0.39 is 17.8 Å². The molecule has 0 saturated carbocycles. The van der Waals surface area contributed by atoms with Gasteiger partial charge in [0.2, 0.25) is 0 Å². The van der Waals surface area contributed by atoms with Crippen LogP contribution in [-0.4, -0.2) is 47.0 Å². The molecule has 2 heterocycles. The molecular weight excluding hydrogens is 483 g/mol. The largest absolute Gasteiger partial charge is 0.496 e. The van der Waals surface area contributed by atoms with Crippen molar-refractivity contribution in [3.8, 4) is 16.9 Å². The Labute approximate surface area is 212 Å². The van der Waals surface area contributed by atoms with Crippen molar-refractivity contribution >= 4 is 22.6 Å². The topological polar surface area (TPSA) is 80.2 Å². The molecule has 0 spiro atoms. The number of nitrogens with zero attached hydrogens (tertiary/aromatic N) is 4. The fraction of sp³-hybridized carbons (Fsp3) is 0.259. The van der Waals surface area contributed by atoms with Crippen LogP contribution >= 0.6 is 0 Å². The van der Waals surface area contributed by atoms with Crippen molar-refractivity contribution in [2.75, 3.05) is 26.5 Å². The van der Waals surface area contributed by atoms with Gasteiger partial charge in [0.05, 0.1) is 18.2 Å². The fourth-order valence-electron chi connectivity index (χ4n) is 3.96. The number of fused-ring (bicyclic) bond motifs is 1. The van der Waals surface area contributed by atoms with E-state index in [0.29, 0.717) is 50.7 Å². The molecule has 0 saturated heterocycles. The first-order valence-electron chi connectivity index (χ1n) is 11.5. The molecule has 0 aliphatic heterocycles. The molecule has 7 nitrogen and oxygen atoms in total. The Balaban J connectivity index is 1.76. The van der Waals surface area contributed by atoms with Gasteiger partial charge in [0.1, 0.15) is 23.1 Å². The van der Waals surface area contributed by atoms with Crippen molar-refractivity contribution < 1.29 is 22.7 Å². The van der Waals surface area contributed by atoms with Gasteiger partial charge in [0.25, 0.3) is 5.91 Å². The molecule has 1 N–H and O–H groups in total. The van der Waals surface area contributed by atoms with E-state index in [1.54, 1.807) is 65.5 Å². The van der Waals surface area contributed by atoms with Gasteiger partial charge in [-0.2, -0.15) is 13.2 Å². The number of anilines is 1. The molecule has 10 heteroatoms. The van der Waals surface area contributed by atoms with Crippen molar-refractivity contribution in [2.45, 2.75) is 26.1 Å². The zero-order chi connectivity index (χ0) is 26.9. The summed E-state index contributed by atoms with van der Waals surface area (Å²) in [5.41, 5.74) is 2.10. The fourth-order valence-corrected chi connectivity index (χ4v) is 3.96. The van der Waals surface area contributed by atoms with Gasteiger partial charge in [0, 0.05) is 48.9 Å². The highest BCUT2D eigenvalue weighted by molar-refractivity contribution is 5.96. The molecule has 2 aromatic heterocycles. The summed E-state index contributed by atoms with van der Waals surface area (Å²) in [6, 6.07) is 11.8. The zero-order valence-corrected chi connectivity index (χ0v) is 21.0. The molecular formula is C27H26F3N5O2. The second-order valence-corrected chi connectivity index (χ2v) is 8.81. The van der Waals surface area contributed by atoms with Gasteiger partial charge in [-0.15, -0.1) is 0 Å². The molecule has 2 aromatic carbocycles. The number of aryl methyl sites for hydroxylation is 1. The molecule has 0 aliphatic rings. The van der Waals surface area contributed by atoms with E-state index >= 15 is 0 Å². The van der Waals surface area contributed by atoms with E-state index in [1.807, 2.05) is 6.07 Å². The average Bonchev–Trinajstić information content (AvgIpc) is 2.87. The number of carbonyl (C=O) groups is 1. The number of pyridine rings is 1. The van der Waals surface area contributed by atoms with E-state index in [2.05, 4.69) is 20.3 Å². The number of ether oxygens (including phenoxy) is 1. The number of hydrogen-bond donors (Lipinski definition) is 1. The first kappa shape index (κ1) is 25.9. The van der Waals surface area contributed by atoms with Gasteiger partial charge >= 0.3 is 6.18 Å². The third-order valence-electron chi connectivity index (χ3n) is 5.90. The van der Waals surface area contributed by atoms with Gasteiger partial charge < -0.3 is 15.0 Å². The van der Waals surface area contributed by atoms with E-state index in [-0.39, 0.29) is 5.91 Å². The summed E-state index contributed by atoms with van der Waals surface area (Å²) in [5, 5.41) is 3.91. The molecule has 0 fully saturated rings. The van der Waals surface area contributed by atoms with Crippen LogP contribution in [-0.2, 0) is 6.18 Å². The predicted molar refractivity (Wildman–Crippen MR) is 136 cm³/mol. The highest BCUT2D eigenvalue weighted by Gasteiger charge is 2.30.